The van der Waals surface area contributed by atoms with Crippen molar-refractivity contribution >= 4 is 22.5 Å². The fourth-order valence-electron chi connectivity index (χ4n) is 3.27. The molecule has 1 aliphatic heterocycles. The fraction of sp³-hybridized carbons (Fsp3) is 0.500. The van der Waals surface area contributed by atoms with E-state index in [9.17, 15) is 0 Å². The van der Waals surface area contributed by atoms with Crippen molar-refractivity contribution in [2.24, 2.45) is 0 Å². The molecule has 3 rings (SSSR count). The van der Waals surface area contributed by atoms with Crippen LogP contribution in [0.15, 0.2) is 30.3 Å². The molecule has 1 fully saturated rings. The van der Waals surface area contributed by atoms with E-state index in [-0.39, 0.29) is 0 Å². The number of unbranched alkanes of at least 4 members (excludes halogenated alkanes) is 1. The standard InChI is InChI=1S/C18H24ClN3/c1-2-3-8-17(22-11-9-20-10-12-22)15-13-14-6-4-5-7-16(14)21-18(15)19/h4-7,13,17,20H,2-3,8-12H2,1H3/t17-/m1/s1. The molecule has 1 N–H and O–H groups in total. The van der Waals surface area contributed by atoms with Crippen LogP contribution in [0.1, 0.15) is 37.8 Å². The molecule has 22 heavy (non-hydrogen) atoms. The predicted molar refractivity (Wildman–Crippen MR) is 93.5 cm³/mol. The number of benzene rings is 1. The van der Waals surface area contributed by atoms with Crippen LogP contribution in [-0.4, -0.2) is 36.1 Å². The van der Waals surface area contributed by atoms with Crippen LogP contribution in [0.5, 0.6) is 0 Å². The van der Waals surface area contributed by atoms with Gasteiger partial charge in [0, 0.05) is 43.2 Å². The number of pyridine rings is 1. The minimum Gasteiger partial charge on any atom is -0.314 e. The molecular formula is C18H24ClN3. The van der Waals surface area contributed by atoms with Gasteiger partial charge in [-0.25, -0.2) is 4.98 Å². The van der Waals surface area contributed by atoms with E-state index in [0.717, 1.165) is 38.1 Å². The van der Waals surface area contributed by atoms with E-state index in [2.05, 4.69) is 40.3 Å². The van der Waals surface area contributed by atoms with Gasteiger partial charge in [-0.05, 0) is 18.6 Å². The zero-order valence-electron chi connectivity index (χ0n) is 13.2. The molecule has 0 amide bonds. The average molecular weight is 318 g/mol. The van der Waals surface area contributed by atoms with Crippen molar-refractivity contribution in [2.75, 3.05) is 26.2 Å². The van der Waals surface area contributed by atoms with Gasteiger partial charge >= 0.3 is 0 Å². The Morgan fingerprint density at radius 3 is 2.82 bits per heavy atom. The first-order chi connectivity index (χ1) is 10.8. The van der Waals surface area contributed by atoms with Crippen molar-refractivity contribution in [2.45, 2.75) is 32.2 Å². The summed E-state index contributed by atoms with van der Waals surface area (Å²) in [5.41, 5.74) is 2.17. The molecule has 0 saturated carbocycles. The molecule has 118 valence electrons. The van der Waals surface area contributed by atoms with Gasteiger partial charge in [-0.1, -0.05) is 49.6 Å². The van der Waals surface area contributed by atoms with E-state index in [1.807, 2.05) is 12.1 Å². The third-order valence-corrected chi connectivity index (χ3v) is 4.79. The molecule has 1 aromatic heterocycles. The number of aromatic nitrogens is 1. The molecule has 0 unspecified atom stereocenters. The summed E-state index contributed by atoms with van der Waals surface area (Å²) in [6.45, 7) is 6.52. The highest BCUT2D eigenvalue weighted by molar-refractivity contribution is 6.30. The van der Waals surface area contributed by atoms with Crippen LogP contribution >= 0.6 is 11.6 Å². The Bertz CT molecular complexity index is 623. The monoisotopic (exact) mass is 317 g/mol. The number of halogens is 1. The van der Waals surface area contributed by atoms with Crippen LogP contribution in [0.4, 0.5) is 0 Å². The number of hydrogen-bond acceptors (Lipinski definition) is 3. The Morgan fingerprint density at radius 2 is 2.05 bits per heavy atom. The quantitative estimate of drug-likeness (QED) is 0.844. The van der Waals surface area contributed by atoms with E-state index in [1.165, 1.54) is 23.8 Å². The molecule has 0 aliphatic carbocycles. The highest BCUT2D eigenvalue weighted by atomic mass is 35.5. The second-order valence-corrected chi connectivity index (χ2v) is 6.36. The number of piperazine rings is 1. The summed E-state index contributed by atoms with van der Waals surface area (Å²) in [7, 11) is 0. The van der Waals surface area contributed by atoms with Crippen molar-refractivity contribution in [3.63, 3.8) is 0 Å². The van der Waals surface area contributed by atoms with Crippen molar-refractivity contribution in [1.29, 1.82) is 0 Å². The minimum absolute atomic E-state index is 0.381. The highest BCUT2D eigenvalue weighted by Crippen LogP contribution is 2.33. The third-order valence-electron chi connectivity index (χ3n) is 4.49. The Hall–Kier alpha value is -1.16. The summed E-state index contributed by atoms with van der Waals surface area (Å²) < 4.78 is 0. The van der Waals surface area contributed by atoms with Gasteiger partial charge < -0.3 is 5.32 Å². The lowest BCUT2D eigenvalue weighted by molar-refractivity contribution is 0.163. The molecule has 0 spiro atoms. The summed E-state index contributed by atoms with van der Waals surface area (Å²) in [6.07, 6.45) is 3.58. The Morgan fingerprint density at radius 1 is 1.27 bits per heavy atom. The zero-order valence-corrected chi connectivity index (χ0v) is 13.9. The van der Waals surface area contributed by atoms with Gasteiger partial charge in [-0.3, -0.25) is 4.90 Å². The Balaban J connectivity index is 1.96. The smallest absolute Gasteiger partial charge is 0.134 e. The molecule has 0 radical (unpaired) electrons. The topological polar surface area (TPSA) is 28.2 Å². The maximum absolute atomic E-state index is 6.54. The maximum Gasteiger partial charge on any atom is 0.134 e. The number of hydrogen-bond donors (Lipinski definition) is 1. The summed E-state index contributed by atoms with van der Waals surface area (Å²) in [6, 6.07) is 10.8. The lowest BCUT2D eigenvalue weighted by atomic mass is 9.98. The lowest BCUT2D eigenvalue weighted by Crippen LogP contribution is -2.45. The molecule has 3 nitrogen and oxygen atoms in total. The first-order valence-corrected chi connectivity index (χ1v) is 8.67. The molecule has 1 saturated heterocycles. The SMILES string of the molecule is CCCC[C@H](c1cc2ccccc2nc1Cl)N1CCNCC1. The van der Waals surface area contributed by atoms with E-state index >= 15 is 0 Å². The van der Waals surface area contributed by atoms with E-state index in [0.29, 0.717) is 11.2 Å². The fourth-order valence-corrected chi connectivity index (χ4v) is 3.54. The molecule has 0 bridgehead atoms. The largest absolute Gasteiger partial charge is 0.314 e. The molecule has 4 heteroatoms. The van der Waals surface area contributed by atoms with Crippen molar-refractivity contribution in [1.82, 2.24) is 15.2 Å². The summed E-state index contributed by atoms with van der Waals surface area (Å²) >= 11 is 6.54. The van der Waals surface area contributed by atoms with Crippen LogP contribution in [0.3, 0.4) is 0 Å². The molecule has 2 aromatic rings. The van der Waals surface area contributed by atoms with Crippen LogP contribution in [0.2, 0.25) is 5.15 Å². The van der Waals surface area contributed by atoms with Gasteiger partial charge in [0.15, 0.2) is 0 Å². The van der Waals surface area contributed by atoms with Crippen molar-refractivity contribution in [3.05, 3.63) is 41.0 Å². The van der Waals surface area contributed by atoms with Gasteiger partial charge in [0.1, 0.15) is 5.15 Å². The number of para-hydroxylation sites is 1. The highest BCUT2D eigenvalue weighted by Gasteiger charge is 2.24. The van der Waals surface area contributed by atoms with E-state index in [4.69, 9.17) is 11.6 Å². The van der Waals surface area contributed by atoms with Crippen molar-refractivity contribution in [3.8, 4) is 0 Å². The molecule has 1 aromatic carbocycles. The van der Waals surface area contributed by atoms with Crippen molar-refractivity contribution < 1.29 is 0 Å². The Kier molecular flexibility index (Phi) is 5.29. The molecule has 1 atom stereocenters. The number of fused-ring (bicyclic) bond motifs is 1. The van der Waals surface area contributed by atoms with Gasteiger partial charge in [0.25, 0.3) is 0 Å². The summed E-state index contributed by atoms with van der Waals surface area (Å²) in [4.78, 5) is 7.18. The summed E-state index contributed by atoms with van der Waals surface area (Å²) in [5, 5.41) is 5.28. The predicted octanol–water partition coefficient (Wildman–Crippen LogP) is 4.02. The summed E-state index contributed by atoms with van der Waals surface area (Å²) in [5.74, 6) is 0. The average Bonchev–Trinajstić information content (AvgIpc) is 2.56. The Labute approximate surface area is 137 Å². The second kappa shape index (κ2) is 7.40. The normalized spacial score (nSPS) is 17.7. The van der Waals surface area contributed by atoms with Gasteiger partial charge in [-0.15, -0.1) is 0 Å². The van der Waals surface area contributed by atoms with Crippen LogP contribution < -0.4 is 5.32 Å². The number of rotatable bonds is 5. The van der Waals surface area contributed by atoms with E-state index < -0.39 is 0 Å². The van der Waals surface area contributed by atoms with Crippen LogP contribution in [0.25, 0.3) is 10.9 Å². The number of nitrogens with one attached hydrogen (secondary N) is 1. The van der Waals surface area contributed by atoms with E-state index in [1.54, 1.807) is 0 Å². The maximum atomic E-state index is 6.54. The third kappa shape index (κ3) is 3.43. The van der Waals surface area contributed by atoms with Crippen LogP contribution in [0, 0.1) is 0 Å². The van der Waals surface area contributed by atoms with Gasteiger partial charge in [0.05, 0.1) is 5.52 Å². The van der Waals surface area contributed by atoms with Gasteiger partial charge in [0.2, 0.25) is 0 Å². The van der Waals surface area contributed by atoms with Crippen LogP contribution in [-0.2, 0) is 0 Å². The minimum atomic E-state index is 0.381. The lowest BCUT2D eigenvalue weighted by Gasteiger charge is -2.35. The first kappa shape index (κ1) is 15.7. The zero-order chi connectivity index (χ0) is 15.4. The molecular weight excluding hydrogens is 294 g/mol. The molecule has 1 aliphatic rings. The molecule has 2 heterocycles. The first-order valence-electron chi connectivity index (χ1n) is 8.29. The van der Waals surface area contributed by atoms with Gasteiger partial charge in [-0.2, -0.15) is 0 Å². The second-order valence-electron chi connectivity index (χ2n) is 6.01. The number of nitrogens with zero attached hydrogens (tertiary/aromatic N) is 2.